The molecule has 0 spiro atoms. The summed E-state index contributed by atoms with van der Waals surface area (Å²) < 4.78 is 5.29. The van der Waals surface area contributed by atoms with Crippen LogP contribution in [-0.2, 0) is 20.7 Å². The lowest BCUT2D eigenvalue weighted by atomic mass is 10.2. The van der Waals surface area contributed by atoms with Crippen molar-refractivity contribution >= 4 is 35.1 Å². The molecule has 0 fully saturated rings. The first kappa shape index (κ1) is 19.9. The lowest BCUT2D eigenvalue weighted by molar-refractivity contribution is -0.155. The molecule has 0 saturated carbocycles. The average molecular weight is 401 g/mol. The number of benzene rings is 2. The van der Waals surface area contributed by atoms with Crippen LogP contribution in [0.5, 0.6) is 0 Å². The van der Waals surface area contributed by atoms with Gasteiger partial charge in [-0.15, -0.1) is 0 Å². The van der Waals surface area contributed by atoms with Crippen LogP contribution in [0.3, 0.4) is 0 Å². The third-order valence-electron chi connectivity index (χ3n) is 4.61. The Morgan fingerprint density at radius 1 is 1.07 bits per heavy atom. The number of carbonyl (C=O) groups excluding carboxylic acids is 3. The predicted molar refractivity (Wildman–Crippen MR) is 106 cm³/mol. The van der Waals surface area contributed by atoms with Crippen LogP contribution in [0.4, 0.5) is 5.69 Å². The Morgan fingerprint density at radius 3 is 2.50 bits per heavy atom. The van der Waals surface area contributed by atoms with E-state index in [4.69, 9.17) is 16.3 Å². The molecule has 0 bridgehead atoms. The van der Waals surface area contributed by atoms with Gasteiger partial charge in [0.2, 0.25) is 0 Å². The van der Waals surface area contributed by atoms with Crippen LogP contribution in [0.25, 0.3) is 0 Å². The Balaban J connectivity index is 1.59. The van der Waals surface area contributed by atoms with Crippen molar-refractivity contribution in [1.82, 2.24) is 5.32 Å². The van der Waals surface area contributed by atoms with Crippen molar-refractivity contribution in [1.29, 1.82) is 0 Å². The predicted octanol–water partition coefficient (Wildman–Crippen LogP) is 2.98. The van der Waals surface area contributed by atoms with E-state index >= 15 is 0 Å². The van der Waals surface area contributed by atoms with E-state index in [2.05, 4.69) is 5.32 Å². The summed E-state index contributed by atoms with van der Waals surface area (Å²) in [5.41, 5.74) is 2.20. The Kier molecular flexibility index (Phi) is 5.99. The summed E-state index contributed by atoms with van der Waals surface area (Å²) >= 11 is 5.99. The molecule has 7 heteroatoms. The second-order valence-corrected chi connectivity index (χ2v) is 7.03. The average Bonchev–Trinajstić information content (AvgIpc) is 3.11. The van der Waals surface area contributed by atoms with Crippen molar-refractivity contribution in [3.8, 4) is 0 Å². The van der Waals surface area contributed by atoms with E-state index in [9.17, 15) is 14.4 Å². The molecule has 0 aromatic heterocycles. The summed E-state index contributed by atoms with van der Waals surface area (Å²) in [6.07, 6.45) is -0.189. The van der Waals surface area contributed by atoms with Crippen LogP contribution in [-0.4, -0.2) is 36.5 Å². The second-order valence-electron chi connectivity index (χ2n) is 6.62. The summed E-state index contributed by atoms with van der Waals surface area (Å²) in [5, 5.41) is 2.83. The minimum Gasteiger partial charge on any atom is -0.451 e. The zero-order chi connectivity index (χ0) is 20.3. The van der Waals surface area contributed by atoms with E-state index < -0.39 is 24.0 Å². The number of ether oxygens (including phenoxy) is 1. The lowest BCUT2D eigenvalue weighted by Gasteiger charge is -2.23. The van der Waals surface area contributed by atoms with Gasteiger partial charge in [0, 0.05) is 12.2 Å². The Hall–Kier alpha value is -2.86. The molecule has 0 saturated heterocycles. The third kappa shape index (κ3) is 4.17. The van der Waals surface area contributed by atoms with Gasteiger partial charge in [-0.2, -0.15) is 0 Å². The maximum atomic E-state index is 12.7. The first-order valence-electron chi connectivity index (χ1n) is 9.03. The number of hydrogen-bond donors (Lipinski definition) is 1. The number of carbonyl (C=O) groups is 3. The third-order valence-corrected chi connectivity index (χ3v) is 4.94. The maximum Gasteiger partial charge on any atom is 0.329 e. The minimum atomic E-state index is -0.960. The van der Waals surface area contributed by atoms with Crippen LogP contribution in [0.15, 0.2) is 48.5 Å². The van der Waals surface area contributed by atoms with Crippen molar-refractivity contribution in [2.75, 3.05) is 11.4 Å². The number of anilines is 1. The number of halogens is 1. The van der Waals surface area contributed by atoms with Crippen LogP contribution >= 0.6 is 11.6 Å². The fourth-order valence-electron chi connectivity index (χ4n) is 3.09. The van der Waals surface area contributed by atoms with Crippen molar-refractivity contribution < 1.29 is 19.1 Å². The van der Waals surface area contributed by atoms with Crippen molar-refractivity contribution in [2.24, 2.45) is 0 Å². The molecule has 0 radical (unpaired) electrons. The number of amides is 2. The van der Waals surface area contributed by atoms with E-state index in [1.54, 1.807) is 29.2 Å². The quantitative estimate of drug-likeness (QED) is 0.783. The second kappa shape index (κ2) is 8.44. The van der Waals surface area contributed by atoms with E-state index in [0.717, 1.165) is 17.7 Å². The first-order valence-corrected chi connectivity index (χ1v) is 9.41. The van der Waals surface area contributed by atoms with Crippen LogP contribution in [0.1, 0.15) is 29.8 Å². The highest BCUT2D eigenvalue weighted by Crippen LogP contribution is 2.28. The van der Waals surface area contributed by atoms with Gasteiger partial charge < -0.3 is 15.0 Å². The van der Waals surface area contributed by atoms with Gasteiger partial charge in [0.1, 0.15) is 6.04 Å². The van der Waals surface area contributed by atoms with E-state index in [1.807, 2.05) is 24.3 Å². The van der Waals surface area contributed by atoms with Crippen LogP contribution in [0, 0.1) is 0 Å². The Labute approximate surface area is 168 Å². The van der Waals surface area contributed by atoms with E-state index in [1.165, 1.54) is 13.8 Å². The fourth-order valence-corrected chi connectivity index (χ4v) is 3.31. The molecule has 28 heavy (non-hydrogen) atoms. The zero-order valence-corrected chi connectivity index (χ0v) is 16.4. The molecule has 6 nitrogen and oxygen atoms in total. The highest BCUT2D eigenvalue weighted by Gasteiger charge is 2.31. The highest BCUT2D eigenvalue weighted by molar-refractivity contribution is 6.33. The van der Waals surface area contributed by atoms with Crippen molar-refractivity contribution in [3.05, 3.63) is 64.7 Å². The standard InChI is InChI=1S/C21H21ClN2O4/c1-13(23-19(25)16-8-4-5-9-17(16)22)21(27)28-14(2)20(26)24-12-11-15-7-3-6-10-18(15)24/h3-10,13-14H,11-12H2,1-2H3,(H,23,25)/t13-,14-/m0/s1. The number of fused-ring (bicyclic) bond motifs is 1. The summed E-state index contributed by atoms with van der Waals surface area (Å²) in [7, 11) is 0. The van der Waals surface area contributed by atoms with Gasteiger partial charge in [0.25, 0.3) is 11.8 Å². The van der Waals surface area contributed by atoms with Gasteiger partial charge in [0.05, 0.1) is 10.6 Å². The molecular formula is C21H21ClN2O4. The number of nitrogens with zero attached hydrogens (tertiary/aromatic N) is 1. The van der Waals surface area contributed by atoms with Crippen molar-refractivity contribution in [3.63, 3.8) is 0 Å². The molecule has 0 unspecified atom stereocenters. The first-order chi connectivity index (χ1) is 13.4. The van der Waals surface area contributed by atoms with Crippen LogP contribution < -0.4 is 10.2 Å². The number of esters is 1. The topological polar surface area (TPSA) is 75.7 Å². The molecule has 2 aromatic carbocycles. The number of hydrogen-bond acceptors (Lipinski definition) is 4. The largest absolute Gasteiger partial charge is 0.451 e. The molecule has 1 N–H and O–H groups in total. The molecule has 2 atom stereocenters. The number of para-hydroxylation sites is 1. The molecular weight excluding hydrogens is 380 g/mol. The monoisotopic (exact) mass is 400 g/mol. The van der Waals surface area contributed by atoms with E-state index in [0.29, 0.717) is 6.54 Å². The highest BCUT2D eigenvalue weighted by atomic mass is 35.5. The fraction of sp³-hybridized carbons (Fsp3) is 0.286. The van der Waals surface area contributed by atoms with Crippen molar-refractivity contribution in [2.45, 2.75) is 32.4 Å². The SMILES string of the molecule is C[C@H](NC(=O)c1ccccc1Cl)C(=O)O[C@@H](C)C(=O)N1CCc2ccccc21. The summed E-state index contributed by atoms with van der Waals surface area (Å²) in [6, 6.07) is 13.3. The van der Waals surface area contributed by atoms with E-state index in [-0.39, 0.29) is 16.5 Å². The maximum absolute atomic E-state index is 12.7. The summed E-state index contributed by atoms with van der Waals surface area (Å²) in [5.74, 6) is -1.46. The molecule has 1 aliphatic rings. The summed E-state index contributed by atoms with van der Waals surface area (Å²) in [4.78, 5) is 38.9. The summed E-state index contributed by atoms with van der Waals surface area (Å²) in [6.45, 7) is 3.59. The smallest absolute Gasteiger partial charge is 0.329 e. The van der Waals surface area contributed by atoms with Gasteiger partial charge in [-0.05, 0) is 44.0 Å². The minimum absolute atomic E-state index is 0.265. The molecule has 3 rings (SSSR count). The molecule has 0 aliphatic carbocycles. The Morgan fingerprint density at radius 2 is 1.75 bits per heavy atom. The molecule has 146 valence electrons. The van der Waals surface area contributed by atoms with Gasteiger partial charge in [0.15, 0.2) is 6.10 Å². The molecule has 1 heterocycles. The number of rotatable bonds is 5. The Bertz CT molecular complexity index is 915. The molecule has 2 amide bonds. The van der Waals surface area contributed by atoms with Gasteiger partial charge in [-0.1, -0.05) is 41.9 Å². The lowest BCUT2D eigenvalue weighted by Crippen LogP contribution is -2.44. The van der Waals surface area contributed by atoms with Gasteiger partial charge >= 0.3 is 5.97 Å². The zero-order valence-electron chi connectivity index (χ0n) is 15.6. The van der Waals surface area contributed by atoms with Crippen LogP contribution in [0.2, 0.25) is 5.02 Å². The van der Waals surface area contributed by atoms with Gasteiger partial charge in [-0.25, -0.2) is 4.79 Å². The molecule has 2 aromatic rings. The normalized spacial score (nSPS) is 14.8. The number of nitrogens with one attached hydrogen (secondary N) is 1. The molecule has 1 aliphatic heterocycles. The van der Waals surface area contributed by atoms with Gasteiger partial charge in [-0.3, -0.25) is 9.59 Å².